The van der Waals surface area contributed by atoms with Crippen LogP contribution in [0.3, 0.4) is 0 Å². The Hall–Kier alpha value is -1.81. The van der Waals surface area contributed by atoms with Crippen LogP contribution in [0.4, 0.5) is 5.69 Å². The van der Waals surface area contributed by atoms with Crippen LogP contribution in [0.25, 0.3) is 0 Å². The molecule has 21 heavy (non-hydrogen) atoms. The van der Waals surface area contributed by atoms with Crippen LogP contribution >= 0.6 is 11.3 Å². The summed E-state index contributed by atoms with van der Waals surface area (Å²) in [5, 5.41) is 3.39. The fourth-order valence-corrected chi connectivity index (χ4v) is 3.16. The average molecular weight is 302 g/mol. The number of hydrogen-bond acceptors (Lipinski definition) is 3. The minimum absolute atomic E-state index is 0.185. The molecule has 1 aromatic carbocycles. The number of nitrogens with two attached hydrogens (primary N) is 1. The van der Waals surface area contributed by atoms with Crippen LogP contribution < -0.4 is 11.1 Å². The topological polar surface area (TPSA) is 55.1 Å². The molecule has 3 N–H and O–H groups in total. The van der Waals surface area contributed by atoms with Crippen molar-refractivity contribution in [2.45, 2.75) is 39.7 Å². The van der Waals surface area contributed by atoms with E-state index in [0.29, 0.717) is 5.56 Å². The first-order valence-electron chi connectivity index (χ1n) is 7.01. The van der Waals surface area contributed by atoms with Crippen molar-refractivity contribution in [1.29, 1.82) is 0 Å². The lowest BCUT2D eigenvalue weighted by atomic mass is 9.95. The third-order valence-electron chi connectivity index (χ3n) is 3.45. The lowest BCUT2D eigenvalue weighted by Crippen LogP contribution is -2.13. The highest BCUT2D eigenvalue weighted by Crippen LogP contribution is 2.30. The molecule has 0 atom stereocenters. The van der Waals surface area contributed by atoms with Crippen LogP contribution in [-0.2, 0) is 12.0 Å². The maximum atomic E-state index is 11.4. The summed E-state index contributed by atoms with van der Waals surface area (Å²) >= 11 is 1.82. The zero-order valence-corrected chi connectivity index (χ0v) is 13.8. The van der Waals surface area contributed by atoms with Gasteiger partial charge in [0.25, 0.3) is 0 Å². The van der Waals surface area contributed by atoms with E-state index >= 15 is 0 Å². The highest BCUT2D eigenvalue weighted by atomic mass is 32.1. The van der Waals surface area contributed by atoms with E-state index in [9.17, 15) is 4.79 Å². The highest BCUT2D eigenvalue weighted by Gasteiger charge is 2.16. The van der Waals surface area contributed by atoms with Crippen molar-refractivity contribution >= 4 is 22.9 Å². The van der Waals surface area contributed by atoms with Gasteiger partial charge in [-0.25, -0.2) is 0 Å². The molecule has 4 heteroatoms. The molecule has 0 aliphatic carbocycles. The summed E-state index contributed by atoms with van der Waals surface area (Å²) in [5.41, 5.74) is 7.99. The summed E-state index contributed by atoms with van der Waals surface area (Å²) in [6.45, 7) is 9.32. The molecule has 2 aromatic rings. The molecule has 0 bridgehead atoms. The zero-order valence-electron chi connectivity index (χ0n) is 13.0. The third kappa shape index (κ3) is 3.64. The second kappa shape index (κ2) is 5.90. The molecule has 0 radical (unpaired) electrons. The maximum Gasteiger partial charge on any atom is 0.249 e. The van der Waals surface area contributed by atoms with Crippen molar-refractivity contribution in [3.05, 3.63) is 51.2 Å². The third-order valence-corrected chi connectivity index (χ3v) is 4.96. The van der Waals surface area contributed by atoms with Gasteiger partial charge in [-0.1, -0.05) is 26.8 Å². The van der Waals surface area contributed by atoms with E-state index < -0.39 is 0 Å². The molecular formula is C17H22N2OS. The molecule has 0 unspecified atom stereocenters. The van der Waals surface area contributed by atoms with Gasteiger partial charge in [0.15, 0.2) is 0 Å². The van der Waals surface area contributed by atoms with Crippen LogP contribution in [0.5, 0.6) is 0 Å². The van der Waals surface area contributed by atoms with Gasteiger partial charge in [-0.15, -0.1) is 11.3 Å². The number of thiophene rings is 1. The first-order chi connectivity index (χ1) is 9.79. The van der Waals surface area contributed by atoms with Crippen LogP contribution in [0, 0.1) is 6.92 Å². The Labute approximate surface area is 130 Å². The summed E-state index contributed by atoms with van der Waals surface area (Å²) in [4.78, 5) is 14.0. The molecule has 112 valence electrons. The molecule has 1 aromatic heterocycles. The number of rotatable bonds is 4. The molecule has 1 heterocycles. The monoisotopic (exact) mass is 302 g/mol. The Bertz CT molecular complexity index is 653. The number of carbonyl (C=O) groups is 1. The molecule has 0 aliphatic heterocycles. The quantitative estimate of drug-likeness (QED) is 0.894. The number of hydrogen-bond donors (Lipinski definition) is 2. The van der Waals surface area contributed by atoms with Gasteiger partial charge in [0, 0.05) is 27.5 Å². The standard InChI is InChI=1S/C17H22N2OS/c1-11-13(16(18)20)6-5-7-14(11)19-10-12-8-9-15(21-12)17(2,3)4/h5-9,19H,10H2,1-4H3,(H2,18,20). The van der Waals surface area contributed by atoms with E-state index in [2.05, 4.69) is 38.2 Å². The van der Waals surface area contributed by atoms with E-state index in [1.165, 1.54) is 9.75 Å². The van der Waals surface area contributed by atoms with Crippen LogP contribution in [-0.4, -0.2) is 5.91 Å². The minimum atomic E-state index is -0.387. The first kappa shape index (κ1) is 15.6. The summed E-state index contributed by atoms with van der Waals surface area (Å²) in [5.74, 6) is -0.387. The number of anilines is 1. The second-order valence-corrected chi connectivity index (χ2v) is 7.38. The molecule has 3 nitrogen and oxygen atoms in total. The Morgan fingerprint density at radius 2 is 1.95 bits per heavy atom. The average Bonchev–Trinajstić information content (AvgIpc) is 2.86. The molecule has 0 aliphatic rings. The molecular weight excluding hydrogens is 280 g/mol. The lowest BCUT2D eigenvalue weighted by Gasteiger charge is -2.15. The number of carbonyl (C=O) groups excluding carboxylic acids is 1. The number of nitrogens with one attached hydrogen (secondary N) is 1. The number of amides is 1. The van der Waals surface area contributed by atoms with Crippen molar-refractivity contribution in [2.24, 2.45) is 5.73 Å². The van der Waals surface area contributed by atoms with Crippen molar-refractivity contribution in [3.63, 3.8) is 0 Å². The predicted octanol–water partition coefficient (Wildman–Crippen LogP) is 4.07. The van der Waals surface area contributed by atoms with Crippen molar-refractivity contribution in [2.75, 3.05) is 5.32 Å². The normalized spacial score (nSPS) is 11.4. The van der Waals surface area contributed by atoms with Gasteiger partial charge in [-0.2, -0.15) is 0 Å². The van der Waals surface area contributed by atoms with Crippen molar-refractivity contribution in [1.82, 2.24) is 0 Å². The number of primary amides is 1. The molecule has 0 saturated carbocycles. The Balaban J connectivity index is 2.12. The smallest absolute Gasteiger partial charge is 0.249 e. The van der Waals surface area contributed by atoms with E-state index in [-0.39, 0.29) is 11.3 Å². The second-order valence-electron chi connectivity index (χ2n) is 6.21. The Morgan fingerprint density at radius 3 is 2.52 bits per heavy atom. The molecule has 0 spiro atoms. The summed E-state index contributed by atoms with van der Waals surface area (Å²) < 4.78 is 0. The van der Waals surface area contributed by atoms with E-state index in [4.69, 9.17) is 5.73 Å². The fraction of sp³-hybridized carbons (Fsp3) is 0.353. The van der Waals surface area contributed by atoms with Gasteiger partial charge in [-0.3, -0.25) is 4.79 Å². The molecule has 2 rings (SSSR count). The SMILES string of the molecule is Cc1c(NCc2ccc(C(C)(C)C)s2)cccc1C(N)=O. The summed E-state index contributed by atoms with van der Waals surface area (Å²) in [6.07, 6.45) is 0. The van der Waals surface area contributed by atoms with Gasteiger partial charge >= 0.3 is 0 Å². The minimum Gasteiger partial charge on any atom is -0.380 e. The summed E-state index contributed by atoms with van der Waals surface area (Å²) in [6, 6.07) is 9.93. The van der Waals surface area contributed by atoms with Crippen molar-refractivity contribution < 1.29 is 4.79 Å². The van der Waals surface area contributed by atoms with Crippen LogP contribution in [0.15, 0.2) is 30.3 Å². The fourth-order valence-electron chi connectivity index (χ4n) is 2.15. The highest BCUT2D eigenvalue weighted by molar-refractivity contribution is 7.12. The van der Waals surface area contributed by atoms with E-state index in [0.717, 1.165) is 17.8 Å². The lowest BCUT2D eigenvalue weighted by molar-refractivity contribution is 0.1000. The molecule has 1 amide bonds. The van der Waals surface area contributed by atoms with Gasteiger partial charge in [0.1, 0.15) is 0 Å². The van der Waals surface area contributed by atoms with Crippen molar-refractivity contribution in [3.8, 4) is 0 Å². The van der Waals surface area contributed by atoms with Gasteiger partial charge in [0.05, 0.1) is 0 Å². The zero-order chi connectivity index (χ0) is 15.6. The van der Waals surface area contributed by atoms with Gasteiger partial charge in [-0.05, 0) is 42.2 Å². The number of benzene rings is 1. The molecule has 0 saturated heterocycles. The molecule has 0 fully saturated rings. The van der Waals surface area contributed by atoms with Gasteiger partial charge < -0.3 is 11.1 Å². The maximum absolute atomic E-state index is 11.4. The Kier molecular flexibility index (Phi) is 4.37. The largest absolute Gasteiger partial charge is 0.380 e. The van der Waals surface area contributed by atoms with E-state index in [1.807, 2.05) is 30.4 Å². The first-order valence-corrected chi connectivity index (χ1v) is 7.83. The van der Waals surface area contributed by atoms with Crippen LogP contribution in [0.2, 0.25) is 0 Å². The summed E-state index contributed by atoms with van der Waals surface area (Å²) in [7, 11) is 0. The van der Waals surface area contributed by atoms with Gasteiger partial charge in [0.2, 0.25) is 5.91 Å². The van der Waals surface area contributed by atoms with E-state index in [1.54, 1.807) is 6.07 Å². The van der Waals surface area contributed by atoms with Crippen LogP contribution in [0.1, 0.15) is 46.4 Å². The Morgan fingerprint density at radius 1 is 1.24 bits per heavy atom. The predicted molar refractivity (Wildman–Crippen MR) is 90.0 cm³/mol.